The average Bonchev–Trinajstić information content (AvgIpc) is 2.74. The van der Waals surface area contributed by atoms with Crippen molar-refractivity contribution < 1.29 is 14.3 Å². The molecule has 1 N–H and O–H groups in total. The van der Waals surface area contributed by atoms with Crippen LogP contribution < -0.4 is 10.1 Å². The van der Waals surface area contributed by atoms with Crippen LogP contribution in [0.2, 0.25) is 0 Å². The second-order valence-electron chi connectivity index (χ2n) is 7.59. The second-order valence-corrected chi connectivity index (χ2v) is 7.59. The molecule has 1 aliphatic heterocycles. The van der Waals surface area contributed by atoms with E-state index < -0.39 is 0 Å². The Morgan fingerprint density at radius 2 is 1.76 bits per heavy atom. The lowest BCUT2D eigenvalue weighted by molar-refractivity contribution is -0.116. The van der Waals surface area contributed by atoms with Gasteiger partial charge in [0.25, 0.3) is 0 Å². The first kappa shape index (κ1) is 21.1. The van der Waals surface area contributed by atoms with Gasteiger partial charge in [0.15, 0.2) is 5.78 Å². The molecule has 2 aromatic carbocycles. The largest absolute Gasteiger partial charge is 0.497 e. The number of nitrogens with zero attached hydrogens (tertiary/aromatic N) is 1. The van der Waals surface area contributed by atoms with E-state index in [0.717, 1.165) is 31.1 Å². The van der Waals surface area contributed by atoms with Crippen LogP contribution in [0.15, 0.2) is 48.5 Å². The first-order chi connectivity index (χ1) is 14.1. The predicted octanol–water partition coefficient (Wildman–Crippen LogP) is 4.67. The molecule has 1 saturated heterocycles. The number of benzene rings is 2. The maximum atomic E-state index is 12.3. The molecule has 5 heteroatoms. The van der Waals surface area contributed by atoms with Crippen molar-refractivity contribution in [1.82, 2.24) is 4.90 Å². The van der Waals surface area contributed by atoms with Crippen LogP contribution in [0.3, 0.4) is 0 Å². The summed E-state index contributed by atoms with van der Waals surface area (Å²) in [5, 5.41) is 2.96. The van der Waals surface area contributed by atoms with Crippen LogP contribution >= 0.6 is 0 Å². The fourth-order valence-electron chi connectivity index (χ4n) is 3.68. The van der Waals surface area contributed by atoms with Gasteiger partial charge in [0.1, 0.15) is 5.75 Å². The van der Waals surface area contributed by atoms with Crippen LogP contribution in [0.25, 0.3) is 0 Å². The highest BCUT2D eigenvalue weighted by atomic mass is 16.5. The number of amides is 1. The smallest absolute Gasteiger partial charge is 0.224 e. The van der Waals surface area contributed by atoms with Gasteiger partial charge in [0, 0.05) is 30.6 Å². The molecule has 29 heavy (non-hydrogen) atoms. The van der Waals surface area contributed by atoms with Crippen LogP contribution in [-0.2, 0) is 11.3 Å². The third-order valence-electron chi connectivity index (χ3n) is 5.29. The van der Waals surface area contributed by atoms with Gasteiger partial charge >= 0.3 is 0 Å². The predicted molar refractivity (Wildman–Crippen MR) is 115 cm³/mol. The number of nitrogens with one attached hydrogen (secondary N) is 1. The van der Waals surface area contributed by atoms with E-state index in [1.165, 1.54) is 24.8 Å². The second kappa shape index (κ2) is 10.8. The van der Waals surface area contributed by atoms with E-state index >= 15 is 0 Å². The van der Waals surface area contributed by atoms with E-state index in [-0.39, 0.29) is 11.7 Å². The number of ether oxygens (including phenoxy) is 1. The normalized spacial score (nSPS) is 14.4. The van der Waals surface area contributed by atoms with Crippen LogP contribution in [0, 0.1) is 0 Å². The fourth-order valence-corrected chi connectivity index (χ4v) is 3.68. The highest BCUT2D eigenvalue weighted by Crippen LogP contribution is 2.17. The van der Waals surface area contributed by atoms with E-state index in [1.807, 2.05) is 12.1 Å². The molecule has 1 fully saturated rings. The van der Waals surface area contributed by atoms with Crippen molar-refractivity contribution >= 4 is 17.4 Å². The molecule has 0 aromatic heterocycles. The molecule has 0 spiro atoms. The molecule has 1 heterocycles. The number of carbonyl (C=O) groups excluding carboxylic acids is 2. The Hall–Kier alpha value is -2.66. The number of likely N-dealkylation sites (tertiary alicyclic amines) is 1. The maximum absolute atomic E-state index is 12.3. The molecule has 0 unspecified atom stereocenters. The minimum Gasteiger partial charge on any atom is -0.497 e. The van der Waals surface area contributed by atoms with Crippen LogP contribution in [-0.4, -0.2) is 36.8 Å². The standard InChI is InChI=1S/C24H30N2O3/c1-29-22-13-11-20(12-14-22)23(27)9-6-10-24(28)25-21-8-5-7-19(17-21)18-26-15-3-2-4-16-26/h5,7-8,11-14,17H,2-4,6,9-10,15-16,18H2,1H3,(H,25,28). The van der Waals surface area contributed by atoms with Crippen molar-refractivity contribution in [3.63, 3.8) is 0 Å². The molecule has 0 saturated carbocycles. The average molecular weight is 395 g/mol. The molecule has 154 valence electrons. The van der Waals surface area contributed by atoms with Gasteiger partial charge in [0.2, 0.25) is 5.91 Å². The number of piperidine rings is 1. The summed E-state index contributed by atoms with van der Waals surface area (Å²) in [4.78, 5) is 27.0. The van der Waals surface area contributed by atoms with Gasteiger partial charge in [0.05, 0.1) is 7.11 Å². The number of rotatable bonds is 9. The lowest BCUT2D eigenvalue weighted by Gasteiger charge is -2.26. The number of ketones is 1. The zero-order valence-electron chi connectivity index (χ0n) is 17.2. The van der Waals surface area contributed by atoms with Gasteiger partial charge in [-0.3, -0.25) is 14.5 Å². The summed E-state index contributed by atoms with van der Waals surface area (Å²) in [6.45, 7) is 3.23. The Labute approximate surface area is 173 Å². The number of Topliss-reactive ketones (excluding diaryl/α,β-unsaturated/α-hetero) is 1. The number of methoxy groups -OCH3 is 1. The highest BCUT2D eigenvalue weighted by molar-refractivity contribution is 5.96. The number of hydrogen-bond donors (Lipinski definition) is 1. The summed E-state index contributed by atoms with van der Waals surface area (Å²) in [5.74, 6) is 0.718. The lowest BCUT2D eigenvalue weighted by atomic mass is 10.1. The lowest BCUT2D eigenvalue weighted by Crippen LogP contribution is -2.29. The molecule has 5 nitrogen and oxygen atoms in total. The van der Waals surface area contributed by atoms with Gasteiger partial charge in [-0.15, -0.1) is 0 Å². The fraction of sp³-hybridized carbons (Fsp3) is 0.417. The maximum Gasteiger partial charge on any atom is 0.224 e. The van der Waals surface area contributed by atoms with E-state index in [0.29, 0.717) is 24.8 Å². The quantitative estimate of drug-likeness (QED) is 0.628. The first-order valence-electron chi connectivity index (χ1n) is 10.4. The van der Waals surface area contributed by atoms with Crippen molar-refractivity contribution in [3.05, 3.63) is 59.7 Å². The van der Waals surface area contributed by atoms with Crippen LogP contribution in [0.5, 0.6) is 5.75 Å². The van der Waals surface area contributed by atoms with Gasteiger partial charge < -0.3 is 10.1 Å². The Balaban J connectivity index is 1.42. The zero-order chi connectivity index (χ0) is 20.5. The Morgan fingerprint density at radius 1 is 1.00 bits per heavy atom. The first-order valence-corrected chi connectivity index (χ1v) is 10.4. The summed E-state index contributed by atoms with van der Waals surface area (Å²) >= 11 is 0. The van der Waals surface area contributed by atoms with Crippen LogP contribution in [0.1, 0.15) is 54.4 Å². The molecular formula is C24H30N2O3. The topological polar surface area (TPSA) is 58.6 Å². The van der Waals surface area contributed by atoms with Gasteiger partial charge in [-0.1, -0.05) is 18.6 Å². The molecule has 0 atom stereocenters. The summed E-state index contributed by atoms with van der Waals surface area (Å²) < 4.78 is 5.10. The Bertz CT molecular complexity index is 811. The van der Waals surface area contributed by atoms with Crippen molar-refractivity contribution in [2.24, 2.45) is 0 Å². The SMILES string of the molecule is COc1ccc(C(=O)CCCC(=O)Nc2cccc(CN3CCCCC3)c2)cc1. The highest BCUT2D eigenvalue weighted by Gasteiger charge is 2.11. The van der Waals surface area contributed by atoms with Gasteiger partial charge in [-0.2, -0.15) is 0 Å². The van der Waals surface area contributed by atoms with E-state index in [9.17, 15) is 9.59 Å². The summed E-state index contributed by atoms with van der Waals surface area (Å²) in [7, 11) is 1.60. The minimum atomic E-state index is -0.0531. The molecule has 1 aliphatic rings. The zero-order valence-corrected chi connectivity index (χ0v) is 17.2. The third-order valence-corrected chi connectivity index (χ3v) is 5.29. The van der Waals surface area contributed by atoms with Crippen molar-refractivity contribution in [2.75, 3.05) is 25.5 Å². The molecule has 1 amide bonds. The monoisotopic (exact) mass is 394 g/mol. The van der Waals surface area contributed by atoms with E-state index in [2.05, 4.69) is 22.3 Å². The van der Waals surface area contributed by atoms with Crippen molar-refractivity contribution in [2.45, 2.75) is 45.1 Å². The number of hydrogen-bond acceptors (Lipinski definition) is 4. The molecule has 3 rings (SSSR count). The van der Waals surface area contributed by atoms with Gasteiger partial charge in [-0.25, -0.2) is 0 Å². The van der Waals surface area contributed by atoms with E-state index in [1.54, 1.807) is 31.4 Å². The van der Waals surface area contributed by atoms with Crippen LogP contribution in [0.4, 0.5) is 5.69 Å². The number of carbonyl (C=O) groups is 2. The summed E-state index contributed by atoms with van der Waals surface area (Å²) in [5.41, 5.74) is 2.70. The third kappa shape index (κ3) is 6.71. The van der Waals surface area contributed by atoms with Crippen molar-refractivity contribution in [1.29, 1.82) is 0 Å². The Morgan fingerprint density at radius 3 is 2.48 bits per heavy atom. The number of anilines is 1. The Kier molecular flexibility index (Phi) is 7.82. The molecule has 2 aromatic rings. The molecule has 0 aliphatic carbocycles. The molecule has 0 bridgehead atoms. The van der Waals surface area contributed by atoms with Gasteiger partial charge in [-0.05, 0) is 74.3 Å². The molecule has 0 radical (unpaired) electrons. The van der Waals surface area contributed by atoms with E-state index in [4.69, 9.17) is 4.74 Å². The molecular weight excluding hydrogens is 364 g/mol. The minimum absolute atomic E-state index is 0.0454. The summed E-state index contributed by atoms with van der Waals surface area (Å²) in [6.07, 6.45) is 5.09. The van der Waals surface area contributed by atoms with Crippen molar-refractivity contribution in [3.8, 4) is 5.75 Å². The summed E-state index contributed by atoms with van der Waals surface area (Å²) in [6, 6.07) is 15.1.